The maximum atomic E-state index is 13.3. The van der Waals surface area contributed by atoms with Crippen molar-refractivity contribution < 1.29 is 19.0 Å². The van der Waals surface area contributed by atoms with Crippen molar-refractivity contribution >= 4 is 11.6 Å². The Bertz CT molecular complexity index is 717. The van der Waals surface area contributed by atoms with Gasteiger partial charge < -0.3 is 14.7 Å². The predicted molar refractivity (Wildman–Crippen MR) is 80.4 cm³/mol. The number of phenolic OH excluding ortho intramolecular Hbond substituents is 1. The van der Waals surface area contributed by atoms with Crippen molar-refractivity contribution in [2.24, 2.45) is 0 Å². The second-order valence-electron chi connectivity index (χ2n) is 5.22. The molecule has 0 unspecified atom stereocenters. The topological polar surface area (TPSA) is 49.8 Å². The van der Waals surface area contributed by atoms with Crippen LogP contribution in [0.1, 0.15) is 18.9 Å². The van der Waals surface area contributed by atoms with E-state index in [2.05, 4.69) is 0 Å². The molecule has 2 aromatic rings. The van der Waals surface area contributed by atoms with E-state index in [4.69, 9.17) is 4.74 Å². The molecule has 0 saturated carbocycles. The molecule has 0 bridgehead atoms. The van der Waals surface area contributed by atoms with Gasteiger partial charge >= 0.3 is 0 Å². The number of carbonyl (C=O) groups is 1. The van der Waals surface area contributed by atoms with Gasteiger partial charge in [-0.15, -0.1) is 0 Å². The van der Waals surface area contributed by atoms with E-state index in [9.17, 15) is 14.3 Å². The maximum absolute atomic E-state index is 13.3. The monoisotopic (exact) mass is 301 g/mol. The Morgan fingerprint density at radius 1 is 1.27 bits per heavy atom. The highest BCUT2D eigenvalue weighted by atomic mass is 19.1. The molecule has 1 aliphatic rings. The van der Waals surface area contributed by atoms with Crippen molar-refractivity contribution in [2.45, 2.75) is 26.0 Å². The molecule has 1 atom stereocenters. The number of halogens is 1. The zero-order chi connectivity index (χ0) is 15.7. The third-order valence-corrected chi connectivity index (χ3v) is 3.65. The molecule has 0 saturated heterocycles. The van der Waals surface area contributed by atoms with Crippen LogP contribution in [0.25, 0.3) is 0 Å². The summed E-state index contributed by atoms with van der Waals surface area (Å²) >= 11 is 0. The summed E-state index contributed by atoms with van der Waals surface area (Å²) in [5.74, 6) is 0.0395. The first-order chi connectivity index (χ1) is 10.6. The number of benzene rings is 2. The van der Waals surface area contributed by atoms with Gasteiger partial charge in [-0.3, -0.25) is 4.79 Å². The molecule has 114 valence electrons. The van der Waals surface area contributed by atoms with Crippen LogP contribution in [-0.2, 0) is 11.3 Å². The standard InChI is InChI=1S/C17H16FNO3/c1-2-15-17(21)19(10-11-4-3-5-12(18)8-11)14-7-6-13(20)9-16(14)22-15/h3-9,15,20H,2,10H2,1H3/t15-/m0/s1. The van der Waals surface area contributed by atoms with E-state index in [-0.39, 0.29) is 24.0 Å². The van der Waals surface area contributed by atoms with Crippen molar-refractivity contribution in [2.75, 3.05) is 4.90 Å². The highest BCUT2D eigenvalue weighted by Gasteiger charge is 2.33. The van der Waals surface area contributed by atoms with Crippen molar-refractivity contribution in [1.29, 1.82) is 0 Å². The average molecular weight is 301 g/mol. The number of ether oxygens (including phenoxy) is 1. The van der Waals surface area contributed by atoms with E-state index in [1.54, 1.807) is 23.1 Å². The minimum absolute atomic E-state index is 0.0775. The molecule has 0 radical (unpaired) electrons. The van der Waals surface area contributed by atoms with Crippen molar-refractivity contribution in [3.8, 4) is 11.5 Å². The number of fused-ring (bicyclic) bond motifs is 1. The molecule has 0 spiro atoms. The number of phenols is 1. The summed E-state index contributed by atoms with van der Waals surface area (Å²) in [7, 11) is 0. The first kappa shape index (κ1) is 14.4. The van der Waals surface area contributed by atoms with Gasteiger partial charge in [0.25, 0.3) is 5.91 Å². The summed E-state index contributed by atoms with van der Waals surface area (Å²) in [4.78, 5) is 14.1. The summed E-state index contributed by atoms with van der Waals surface area (Å²) in [5.41, 5.74) is 1.28. The lowest BCUT2D eigenvalue weighted by Gasteiger charge is -2.34. The normalized spacial score (nSPS) is 17.1. The molecule has 0 fully saturated rings. The highest BCUT2D eigenvalue weighted by molar-refractivity contribution is 6.00. The van der Waals surface area contributed by atoms with E-state index in [1.807, 2.05) is 6.92 Å². The Morgan fingerprint density at radius 2 is 2.09 bits per heavy atom. The third-order valence-electron chi connectivity index (χ3n) is 3.65. The lowest BCUT2D eigenvalue weighted by atomic mass is 10.1. The summed E-state index contributed by atoms with van der Waals surface area (Å²) in [6.07, 6.45) is -0.0732. The van der Waals surface area contributed by atoms with Crippen LogP contribution in [0.2, 0.25) is 0 Å². The second-order valence-corrected chi connectivity index (χ2v) is 5.22. The number of anilines is 1. The molecule has 3 rings (SSSR count). The van der Waals surface area contributed by atoms with Gasteiger partial charge in [-0.2, -0.15) is 0 Å². The van der Waals surface area contributed by atoms with Gasteiger partial charge in [0, 0.05) is 6.07 Å². The molecule has 2 aromatic carbocycles. The largest absolute Gasteiger partial charge is 0.508 e. The number of hydrogen-bond acceptors (Lipinski definition) is 3. The van der Waals surface area contributed by atoms with Crippen LogP contribution in [-0.4, -0.2) is 17.1 Å². The van der Waals surface area contributed by atoms with Crippen LogP contribution in [0.4, 0.5) is 10.1 Å². The SMILES string of the molecule is CC[C@@H]1Oc2cc(O)ccc2N(Cc2cccc(F)c2)C1=O. The second kappa shape index (κ2) is 5.67. The maximum Gasteiger partial charge on any atom is 0.268 e. The average Bonchev–Trinajstić information content (AvgIpc) is 2.50. The van der Waals surface area contributed by atoms with E-state index in [1.165, 1.54) is 24.3 Å². The van der Waals surface area contributed by atoms with Crippen LogP contribution in [0, 0.1) is 5.82 Å². The van der Waals surface area contributed by atoms with Gasteiger partial charge in [-0.1, -0.05) is 19.1 Å². The highest BCUT2D eigenvalue weighted by Crippen LogP contribution is 2.38. The summed E-state index contributed by atoms with van der Waals surface area (Å²) in [6.45, 7) is 2.12. The fraction of sp³-hybridized carbons (Fsp3) is 0.235. The lowest BCUT2D eigenvalue weighted by molar-refractivity contribution is -0.126. The van der Waals surface area contributed by atoms with Crippen LogP contribution in [0.5, 0.6) is 11.5 Å². The van der Waals surface area contributed by atoms with E-state index >= 15 is 0 Å². The van der Waals surface area contributed by atoms with E-state index in [0.29, 0.717) is 23.4 Å². The van der Waals surface area contributed by atoms with Crippen molar-refractivity contribution in [3.63, 3.8) is 0 Å². The molecular weight excluding hydrogens is 285 g/mol. The van der Waals surface area contributed by atoms with Crippen LogP contribution in [0.3, 0.4) is 0 Å². The zero-order valence-electron chi connectivity index (χ0n) is 12.1. The molecule has 4 nitrogen and oxygen atoms in total. The van der Waals surface area contributed by atoms with Gasteiger partial charge in [0.2, 0.25) is 0 Å². The number of carbonyl (C=O) groups excluding carboxylic acids is 1. The molecule has 1 heterocycles. The Kier molecular flexibility index (Phi) is 3.71. The van der Waals surface area contributed by atoms with Gasteiger partial charge in [-0.25, -0.2) is 4.39 Å². The number of rotatable bonds is 3. The van der Waals surface area contributed by atoms with Crippen molar-refractivity contribution in [3.05, 3.63) is 53.8 Å². The first-order valence-electron chi connectivity index (χ1n) is 7.14. The number of amides is 1. The molecule has 0 aromatic heterocycles. The van der Waals surface area contributed by atoms with E-state index in [0.717, 1.165) is 0 Å². The molecule has 1 amide bonds. The molecule has 0 aliphatic carbocycles. The van der Waals surface area contributed by atoms with Gasteiger partial charge in [-0.05, 0) is 36.2 Å². The Morgan fingerprint density at radius 3 is 2.82 bits per heavy atom. The summed E-state index contributed by atoms with van der Waals surface area (Å²) < 4.78 is 19.0. The fourth-order valence-electron chi connectivity index (χ4n) is 2.56. The number of nitrogens with zero attached hydrogens (tertiary/aromatic N) is 1. The number of aromatic hydroxyl groups is 1. The van der Waals surface area contributed by atoms with Crippen LogP contribution >= 0.6 is 0 Å². The zero-order valence-corrected chi connectivity index (χ0v) is 12.1. The Hall–Kier alpha value is -2.56. The van der Waals surface area contributed by atoms with E-state index < -0.39 is 6.10 Å². The Labute approximate surface area is 127 Å². The van der Waals surface area contributed by atoms with Gasteiger partial charge in [0.1, 0.15) is 17.3 Å². The molecule has 22 heavy (non-hydrogen) atoms. The molecule has 1 aliphatic heterocycles. The first-order valence-corrected chi connectivity index (χ1v) is 7.14. The van der Waals surface area contributed by atoms with Gasteiger partial charge in [0.15, 0.2) is 6.10 Å². The third kappa shape index (κ3) is 2.62. The lowest BCUT2D eigenvalue weighted by Crippen LogP contribution is -2.45. The molecule has 1 N–H and O–H groups in total. The molecule has 5 heteroatoms. The summed E-state index contributed by atoms with van der Waals surface area (Å²) in [5, 5.41) is 9.59. The molecular formula is C17H16FNO3. The fourth-order valence-corrected chi connectivity index (χ4v) is 2.56. The Balaban J connectivity index is 1.99. The number of hydrogen-bond donors (Lipinski definition) is 1. The minimum Gasteiger partial charge on any atom is -0.508 e. The van der Waals surface area contributed by atoms with Crippen LogP contribution < -0.4 is 9.64 Å². The van der Waals surface area contributed by atoms with Crippen molar-refractivity contribution in [1.82, 2.24) is 0 Å². The summed E-state index contributed by atoms with van der Waals surface area (Å²) in [6, 6.07) is 10.8. The quantitative estimate of drug-likeness (QED) is 0.947. The predicted octanol–water partition coefficient (Wildman–Crippen LogP) is 3.24. The smallest absolute Gasteiger partial charge is 0.268 e. The minimum atomic E-state index is -0.595. The van der Waals surface area contributed by atoms with Gasteiger partial charge in [0.05, 0.1) is 12.2 Å². The van der Waals surface area contributed by atoms with Crippen LogP contribution in [0.15, 0.2) is 42.5 Å².